The Morgan fingerprint density at radius 1 is 1.13 bits per heavy atom. The van der Waals surface area contributed by atoms with Crippen molar-refractivity contribution in [3.05, 3.63) is 71.8 Å². The van der Waals surface area contributed by atoms with E-state index in [9.17, 15) is 22.4 Å². The Kier molecular flexibility index (Phi) is 6.18. The molecule has 0 bridgehead atoms. The van der Waals surface area contributed by atoms with E-state index in [-0.39, 0.29) is 22.3 Å². The van der Waals surface area contributed by atoms with Gasteiger partial charge in [0, 0.05) is 12.2 Å². The maximum Gasteiger partial charge on any atom is 0.356 e. The fraction of sp³-hybridized carbons (Fsp3) is 0.150. The Balaban J connectivity index is 1.94. The first kappa shape index (κ1) is 22.1. The third-order valence-electron chi connectivity index (χ3n) is 4.09. The third-order valence-corrected chi connectivity index (χ3v) is 5.75. The molecule has 3 N–H and O–H groups in total. The van der Waals surface area contributed by atoms with Crippen molar-refractivity contribution < 1.29 is 27.5 Å². The highest BCUT2D eigenvalue weighted by molar-refractivity contribution is 7.89. The number of benzene rings is 2. The van der Waals surface area contributed by atoms with Crippen molar-refractivity contribution in [1.29, 1.82) is 0 Å². The molecule has 1 aromatic heterocycles. The molecule has 0 aliphatic carbocycles. The van der Waals surface area contributed by atoms with Gasteiger partial charge in [-0.25, -0.2) is 27.0 Å². The van der Waals surface area contributed by atoms with Gasteiger partial charge in [-0.2, -0.15) is 5.10 Å². The van der Waals surface area contributed by atoms with Crippen LogP contribution in [0.25, 0.3) is 5.69 Å². The highest BCUT2D eigenvalue weighted by Gasteiger charge is 2.21. The van der Waals surface area contributed by atoms with Crippen LogP contribution >= 0.6 is 0 Å². The molecule has 162 valence electrons. The lowest BCUT2D eigenvalue weighted by molar-refractivity contribution is 0.0689. The quantitative estimate of drug-likeness (QED) is 0.512. The number of rotatable bonds is 7. The number of sulfonamides is 1. The number of amides is 1. The maximum atomic E-state index is 14.3. The van der Waals surface area contributed by atoms with E-state index in [0.717, 1.165) is 18.2 Å². The molecular weight excluding hydrogens is 427 g/mol. The minimum Gasteiger partial charge on any atom is -0.476 e. The number of carboxylic acids is 1. The van der Waals surface area contributed by atoms with Crippen molar-refractivity contribution in [2.24, 2.45) is 0 Å². The maximum absolute atomic E-state index is 14.3. The van der Waals surface area contributed by atoms with Crippen molar-refractivity contribution in [3.8, 4) is 5.69 Å². The van der Waals surface area contributed by atoms with Gasteiger partial charge in [-0.05, 0) is 50.2 Å². The van der Waals surface area contributed by atoms with E-state index < -0.39 is 33.3 Å². The van der Waals surface area contributed by atoms with E-state index in [1.165, 1.54) is 23.0 Å². The first-order chi connectivity index (χ1) is 14.6. The summed E-state index contributed by atoms with van der Waals surface area (Å²) in [6.45, 7) is 3.27. The number of hydrogen-bond acceptors (Lipinski definition) is 5. The van der Waals surface area contributed by atoms with Gasteiger partial charge < -0.3 is 10.4 Å². The van der Waals surface area contributed by atoms with Gasteiger partial charge >= 0.3 is 5.97 Å². The van der Waals surface area contributed by atoms with E-state index in [2.05, 4.69) is 15.1 Å². The Labute approximate surface area is 177 Å². The molecule has 31 heavy (non-hydrogen) atoms. The van der Waals surface area contributed by atoms with Gasteiger partial charge in [0.05, 0.1) is 21.8 Å². The largest absolute Gasteiger partial charge is 0.476 e. The molecule has 0 saturated heterocycles. The smallest absolute Gasteiger partial charge is 0.356 e. The predicted octanol–water partition coefficient (Wildman–Crippen LogP) is 2.65. The van der Waals surface area contributed by atoms with Gasteiger partial charge in [-0.15, -0.1) is 0 Å². The SMILES string of the molecule is CC(C)NS(=O)(=O)c1ccc(F)c(C(=O)Nc2ccccc2-n2ccc(C(=O)O)n2)c1. The molecule has 11 heteroatoms. The molecule has 0 unspecified atom stereocenters. The van der Waals surface area contributed by atoms with Crippen molar-refractivity contribution in [2.45, 2.75) is 24.8 Å². The second kappa shape index (κ2) is 8.66. The fourth-order valence-electron chi connectivity index (χ4n) is 2.76. The Hall–Kier alpha value is -3.57. The van der Waals surface area contributed by atoms with Gasteiger partial charge in [-0.3, -0.25) is 4.79 Å². The summed E-state index contributed by atoms with van der Waals surface area (Å²) in [7, 11) is -3.93. The van der Waals surface area contributed by atoms with Gasteiger partial charge in [0.15, 0.2) is 5.69 Å². The third kappa shape index (κ3) is 4.95. The monoisotopic (exact) mass is 446 g/mol. The lowest BCUT2D eigenvalue weighted by atomic mass is 10.2. The zero-order chi connectivity index (χ0) is 22.8. The molecule has 0 spiro atoms. The van der Waals surface area contributed by atoms with Crippen molar-refractivity contribution in [1.82, 2.24) is 14.5 Å². The standard InChI is InChI=1S/C20H19FN4O5S/c1-12(2)24-31(29,30)13-7-8-15(21)14(11-13)19(26)22-16-5-3-4-6-18(16)25-10-9-17(23-25)20(27)28/h3-12,24H,1-2H3,(H,22,26)(H,27,28). The van der Waals surface area contributed by atoms with Crippen LogP contribution in [0.15, 0.2) is 59.6 Å². The summed E-state index contributed by atoms with van der Waals surface area (Å²) in [6, 6.07) is 10.2. The van der Waals surface area contributed by atoms with E-state index in [0.29, 0.717) is 5.69 Å². The van der Waals surface area contributed by atoms with Crippen LogP contribution in [0.1, 0.15) is 34.7 Å². The van der Waals surface area contributed by atoms with Crippen LogP contribution < -0.4 is 10.0 Å². The number of aromatic nitrogens is 2. The molecule has 1 heterocycles. The van der Waals surface area contributed by atoms with Crippen LogP contribution in [-0.2, 0) is 10.0 Å². The number of nitrogens with one attached hydrogen (secondary N) is 2. The van der Waals surface area contributed by atoms with Crippen LogP contribution in [0, 0.1) is 5.82 Å². The summed E-state index contributed by atoms with van der Waals surface area (Å²) in [5.74, 6) is -2.99. The Morgan fingerprint density at radius 2 is 1.84 bits per heavy atom. The fourth-order valence-corrected chi connectivity index (χ4v) is 4.04. The number of anilines is 1. The topological polar surface area (TPSA) is 130 Å². The zero-order valence-electron chi connectivity index (χ0n) is 16.5. The van der Waals surface area contributed by atoms with Crippen LogP contribution in [0.4, 0.5) is 10.1 Å². The summed E-state index contributed by atoms with van der Waals surface area (Å²) in [5.41, 5.74) is -0.0922. The number of carboxylic acid groups (broad SMARTS) is 1. The van der Waals surface area contributed by atoms with E-state index in [1.807, 2.05) is 0 Å². The molecule has 3 aromatic rings. The molecule has 9 nitrogen and oxygen atoms in total. The predicted molar refractivity (Wildman–Crippen MR) is 110 cm³/mol. The molecular formula is C20H19FN4O5S. The van der Waals surface area contributed by atoms with Crippen molar-refractivity contribution in [2.75, 3.05) is 5.32 Å². The molecule has 0 atom stereocenters. The van der Waals surface area contributed by atoms with E-state index in [4.69, 9.17) is 5.11 Å². The van der Waals surface area contributed by atoms with E-state index in [1.54, 1.807) is 32.0 Å². The van der Waals surface area contributed by atoms with Gasteiger partial charge in [0.25, 0.3) is 5.91 Å². The number of para-hydroxylation sites is 2. The first-order valence-corrected chi connectivity index (χ1v) is 10.6. The molecule has 0 aliphatic heterocycles. The summed E-state index contributed by atoms with van der Waals surface area (Å²) in [6.07, 6.45) is 1.40. The Morgan fingerprint density at radius 3 is 2.48 bits per heavy atom. The average Bonchev–Trinajstić information content (AvgIpc) is 3.18. The molecule has 0 saturated carbocycles. The summed E-state index contributed by atoms with van der Waals surface area (Å²) < 4.78 is 42.7. The minimum atomic E-state index is -3.93. The van der Waals surface area contributed by atoms with Crippen LogP contribution in [0.3, 0.4) is 0 Å². The van der Waals surface area contributed by atoms with Crippen LogP contribution in [0.2, 0.25) is 0 Å². The van der Waals surface area contributed by atoms with Crippen LogP contribution in [-0.4, -0.2) is 41.2 Å². The van der Waals surface area contributed by atoms with Gasteiger partial charge in [0.2, 0.25) is 10.0 Å². The average molecular weight is 446 g/mol. The Bertz CT molecular complexity index is 1250. The highest BCUT2D eigenvalue weighted by atomic mass is 32.2. The van der Waals surface area contributed by atoms with Crippen molar-refractivity contribution >= 4 is 27.6 Å². The first-order valence-electron chi connectivity index (χ1n) is 9.10. The molecule has 0 aliphatic rings. The molecule has 0 fully saturated rings. The number of aromatic carboxylic acids is 1. The molecule has 1 amide bonds. The van der Waals surface area contributed by atoms with Gasteiger partial charge in [-0.1, -0.05) is 12.1 Å². The second-order valence-corrected chi connectivity index (χ2v) is 8.55. The lowest BCUT2D eigenvalue weighted by Crippen LogP contribution is -2.30. The minimum absolute atomic E-state index is 0.192. The number of nitrogens with zero attached hydrogens (tertiary/aromatic N) is 2. The summed E-state index contributed by atoms with van der Waals surface area (Å²) in [5, 5.41) is 15.5. The number of hydrogen-bond donors (Lipinski definition) is 3. The van der Waals surface area contributed by atoms with Crippen molar-refractivity contribution in [3.63, 3.8) is 0 Å². The normalized spacial score (nSPS) is 11.5. The second-order valence-electron chi connectivity index (χ2n) is 6.84. The van der Waals surface area contributed by atoms with E-state index >= 15 is 0 Å². The number of carbonyl (C=O) groups is 2. The summed E-state index contributed by atoms with van der Waals surface area (Å²) in [4.78, 5) is 23.6. The number of halogens is 1. The summed E-state index contributed by atoms with van der Waals surface area (Å²) >= 11 is 0. The highest BCUT2D eigenvalue weighted by Crippen LogP contribution is 2.22. The zero-order valence-corrected chi connectivity index (χ0v) is 17.4. The van der Waals surface area contributed by atoms with Gasteiger partial charge in [0.1, 0.15) is 5.82 Å². The molecule has 3 rings (SSSR count). The molecule has 0 radical (unpaired) electrons. The molecule has 2 aromatic carbocycles. The van der Waals surface area contributed by atoms with Crippen LogP contribution in [0.5, 0.6) is 0 Å². The number of carbonyl (C=O) groups excluding carboxylic acids is 1. The lowest BCUT2D eigenvalue weighted by Gasteiger charge is -2.13.